The lowest BCUT2D eigenvalue weighted by Crippen LogP contribution is -2.36. The van der Waals surface area contributed by atoms with Gasteiger partial charge in [0.15, 0.2) is 0 Å². The summed E-state index contributed by atoms with van der Waals surface area (Å²) in [4.78, 5) is 25.9. The van der Waals surface area contributed by atoms with Crippen molar-refractivity contribution >= 4 is 11.8 Å². The van der Waals surface area contributed by atoms with E-state index in [1.165, 1.54) is 0 Å². The highest BCUT2D eigenvalue weighted by Gasteiger charge is 2.24. The first-order valence-electron chi connectivity index (χ1n) is 7.27. The van der Waals surface area contributed by atoms with E-state index in [2.05, 4.69) is 11.9 Å². The summed E-state index contributed by atoms with van der Waals surface area (Å²) >= 11 is 0. The van der Waals surface area contributed by atoms with Gasteiger partial charge in [0.1, 0.15) is 11.9 Å². The van der Waals surface area contributed by atoms with E-state index in [1.54, 1.807) is 31.2 Å². The Labute approximate surface area is 124 Å². The Hall–Kier alpha value is -1.88. The molecule has 114 valence electrons. The van der Waals surface area contributed by atoms with Gasteiger partial charge in [0.25, 0.3) is 5.78 Å². The second-order valence-corrected chi connectivity index (χ2v) is 5.17. The van der Waals surface area contributed by atoms with E-state index in [9.17, 15) is 9.59 Å². The van der Waals surface area contributed by atoms with Crippen LogP contribution in [-0.2, 0) is 9.53 Å². The summed E-state index contributed by atoms with van der Waals surface area (Å²) in [5.41, 5.74) is 0.273. The van der Waals surface area contributed by atoms with E-state index in [1.807, 2.05) is 0 Å². The molecule has 0 bridgehead atoms. The van der Waals surface area contributed by atoms with Crippen LogP contribution >= 0.6 is 0 Å². The van der Waals surface area contributed by atoms with Crippen LogP contribution < -0.4 is 4.74 Å². The third-order valence-corrected chi connectivity index (χ3v) is 3.55. The van der Waals surface area contributed by atoms with Crippen molar-refractivity contribution in [1.82, 2.24) is 4.90 Å². The normalized spacial score (nSPS) is 16.5. The zero-order chi connectivity index (χ0) is 15.2. The fourth-order valence-electron chi connectivity index (χ4n) is 2.35. The Morgan fingerprint density at radius 2 is 1.90 bits per heavy atom. The molecule has 0 amide bonds. The number of ether oxygens (including phenoxy) is 2. The Balaban J connectivity index is 2.09. The maximum absolute atomic E-state index is 12.1. The summed E-state index contributed by atoms with van der Waals surface area (Å²) in [6.45, 7) is 3.80. The first-order valence-corrected chi connectivity index (χ1v) is 7.27. The van der Waals surface area contributed by atoms with Gasteiger partial charge in [0, 0.05) is 13.1 Å². The largest absolute Gasteiger partial charge is 0.490 e. The minimum atomic E-state index is -0.836. The molecule has 0 aromatic heterocycles. The number of hydrogen-bond donors (Lipinski definition) is 0. The lowest BCUT2D eigenvalue weighted by molar-refractivity contribution is -0.137. The van der Waals surface area contributed by atoms with Gasteiger partial charge in [0.2, 0.25) is 0 Å². The fraction of sp³-hybridized carbons (Fsp3) is 0.500. The molecule has 0 N–H and O–H groups in total. The van der Waals surface area contributed by atoms with Gasteiger partial charge >= 0.3 is 5.97 Å². The molecule has 0 atom stereocenters. The number of para-hydroxylation sites is 1. The minimum Gasteiger partial charge on any atom is -0.490 e. The highest BCUT2D eigenvalue weighted by molar-refractivity contribution is 6.41. The molecule has 1 fully saturated rings. The molecule has 21 heavy (non-hydrogen) atoms. The van der Waals surface area contributed by atoms with E-state index in [0.717, 1.165) is 25.9 Å². The molecule has 0 saturated carbocycles. The smallest absolute Gasteiger partial charge is 0.379 e. The standard InChI is InChI=1S/C16H21NO4/c1-3-20-16(19)15(18)13-6-4-5-7-14(13)21-12-8-10-17(2)11-9-12/h4-7,12H,3,8-11H2,1-2H3. The second-order valence-electron chi connectivity index (χ2n) is 5.17. The van der Waals surface area contributed by atoms with Crippen molar-refractivity contribution in [2.75, 3.05) is 26.7 Å². The second kappa shape index (κ2) is 7.22. The Kier molecular flexibility index (Phi) is 5.33. The van der Waals surface area contributed by atoms with Crippen molar-refractivity contribution in [2.24, 2.45) is 0 Å². The molecular formula is C16H21NO4. The molecule has 1 aromatic carbocycles. The number of ketones is 1. The van der Waals surface area contributed by atoms with Crippen molar-refractivity contribution in [3.8, 4) is 5.75 Å². The van der Waals surface area contributed by atoms with E-state index in [4.69, 9.17) is 9.47 Å². The van der Waals surface area contributed by atoms with E-state index in [0.29, 0.717) is 5.75 Å². The number of Topliss-reactive ketones (excluding diaryl/α,β-unsaturated/α-hetero) is 1. The molecule has 1 heterocycles. The molecule has 1 saturated heterocycles. The third-order valence-electron chi connectivity index (χ3n) is 3.55. The number of nitrogens with zero attached hydrogens (tertiary/aromatic N) is 1. The highest BCUT2D eigenvalue weighted by atomic mass is 16.5. The van der Waals surface area contributed by atoms with Crippen LogP contribution in [0, 0.1) is 0 Å². The van der Waals surface area contributed by atoms with Gasteiger partial charge in [-0.2, -0.15) is 0 Å². The number of benzene rings is 1. The lowest BCUT2D eigenvalue weighted by atomic mass is 10.1. The number of carbonyl (C=O) groups excluding carboxylic acids is 2. The van der Waals surface area contributed by atoms with Gasteiger partial charge in [-0.05, 0) is 38.9 Å². The first kappa shape index (κ1) is 15.5. The molecule has 5 nitrogen and oxygen atoms in total. The summed E-state index contributed by atoms with van der Waals surface area (Å²) in [5.74, 6) is -1.03. The van der Waals surface area contributed by atoms with Crippen molar-refractivity contribution in [1.29, 1.82) is 0 Å². The fourth-order valence-corrected chi connectivity index (χ4v) is 2.35. The molecule has 1 aliphatic heterocycles. The summed E-state index contributed by atoms with van der Waals surface area (Å²) < 4.78 is 10.7. The van der Waals surface area contributed by atoms with Crippen LogP contribution in [0.4, 0.5) is 0 Å². The summed E-state index contributed by atoms with van der Waals surface area (Å²) in [7, 11) is 2.08. The molecule has 0 radical (unpaired) electrons. The van der Waals surface area contributed by atoms with Gasteiger partial charge in [-0.25, -0.2) is 4.79 Å². The van der Waals surface area contributed by atoms with Gasteiger partial charge in [-0.1, -0.05) is 12.1 Å². The summed E-state index contributed by atoms with van der Waals surface area (Å²) in [6, 6.07) is 6.84. The summed E-state index contributed by atoms with van der Waals surface area (Å²) in [6.07, 6.45) is 1.91. The predicted molar refractivity (Wildman–Crippen MR) is 78.6 cm³/mol. The topological polar surface area (TPSA) is 55.8 Å². The number of rotatable bonds is 5. The predicted octanol–water partition coefficient (Wildman–Crippen LogP) is 1.91. The molecule has 1 aliphatic rings. The van der Waals surface area contributed by atoms with Gasteiger partial charge in [-0.3, -0.25) is 4.79 Å². The molecule has 5 heteroatoms. The van der Waals surface area contributed by atoms with Gasteiger partial charge < -0.3 is 14.4 Å². The molecule has 0 aliphatic carbocycles. The maximum atomic E-state index is 12.1. The quantitative estimate of drug-likeness (QED) is 0.471. The number of esters is 1. The van der Waals surface area contributed by atoms with Crippen LogP contribution in [0.3, 0.4) is 0 Å². The average molecular weight is 291 g/mol. The molecular weight excluding hydrogens is 270 g/mol. The van der Waals surface area contributed by atoms with Crippen molar-refractivity contribution in [2.45, 2.75) is 25.9 Å². The molecule has 2 rings (SSSR count). The number of hydrogen-bond acceptors (Lipinski definition) is 5. The number of carbonyl (C=O) groups is 2. The average Bonchev–Trinajstić information content (AvgIpc) is 2.50. The van der Waals surface area contributed by atoms with Crippen LogP contribution in [0.5, 0.6) is 5.75 Å². The minimum absolute atomic E-state index is 0.0809. The van der Waals surface area contributed by atoms with Crippen LogP contribution in [0.1, 0.15) is 30.1 Å². The number of piperidine rings is 1. The lowest BCUT2D eigenvalue weighted by Gasteiger charge is -2.29. The molecule has 0 spiro atoms. The first-order chi connectivity index (χ1) is 10.1. The van der Waals surface area contributed by atoms with Crippen LogP contribution in [-0.4, -0.2) is 49.5 Å². The molecule has 0 unspecified atom stereocenters. The van der Waals surface area contributed by atoms with Gasteiger partial charge in [-0.15, -0.1) is 0 Å². The van der Waals surface area contributed by atoms with E-state index >= 15 is 0 Å². The van der Waals surface area contributed by atoms with Crippen LogP contribution in [0.2, 0.25) is 0 Å². The van der Waals surface area contributed by atoms with Crippen LogP contribution in [0.25, 0.3) is 0 Å². The van der Waals surface area contributed by atoms with Crippen molar-refractivity contribution in [3.05, 3.63) is 29.8 Å². The van der Waals surface area contributed by atoms with Crippen molar-refractivity contribution in [3.63, 3.8) is 0 Å². The maximum Gasteiger partial charge on any atom is 0.379 e. The van der Waals surface area contributed by atoms with Gasteiger partial charge in [0.05, 0.1) is 12.2 Å². The zero-order valence-corrected chi connectivity index (χ0v) is 12.5. The third kappa shape index (κ3) is 4.04. The Morgan fingerprint density at radius 1 is 1.24 bits per heavy atom. The zero-order valence-electron chi connectivity index (χ0n) is 12.5. The highest BCUT2D eigenvalue weighted by Crippen LogP contribution is 2.23. The monoisotopic (exact) mass is 291 g/mol. The Morgan fingerprint density at radius 3 is 2.57 bits per heavy atom. The van der Waals surface area contributed by atoms with E-state index < -0.39 is 11.8 Å². The SMILES string of the molecule is CCOC(=O)C(=O)c1ccccc1OC1CCN(C)CC1. The molecule has 1 aromatic rings. The summed E-state index contributed by atoms with van der Waals surface area (Å²) in [5, 5.41) is 0. The van der Waals surface area contributed by atoms with E-state index in [-0.39, 0.29) is 18.3 Å². The number of likely N-dealkylation sites (tertiary alicyclic amines) is 1. The van der Waals surface area contributed by atoms with Crippen LogP contribution in [0.15, 0.2) is 24.3 Å². The van der Waals surface area contributed by atoms with Crippen molar-refractivity contribution < 1.29 is 19.1 Å². The Bertz CT molecular complexity index is 507.